The number of nitrogen functional groups attached to an aromatic ring is 1. The molecule has 1 aromatic carbocycles. The Labute approximate surface area is 119 Å². The van der Waals surface area contributed by atoms with Gasteiger partial charge in [-0.2, -0.15) is 0 Å². The highest BCUT2D eigenvalue weighted by atomic mass is 35.5. The van der Waals surface area contributed by atoms with E-state index in [1.54, 1.807) is 0 Å². The lowest BCUT2D eigenvalue weighted by molar-refractivity contribution is 0.601. The van der Waals surface area contributed by atoms with Crippen LogP contribution in [0, 0.1) is 0 Å². The van der Waals surface area contributed by atoms with E-state index in [0.29, 0.717) is 5.69 Å². The fraction of sp³-hybridized carbons (Fsp3) is 0. The number of rotatable bonds is 3. The maximum absolute atomic E-state index is 12.1. The van der Waals surface area contributed by atoms with E-state index < -0.39 is 10.0 Å². The molecule has 6 nitrogen and oxygen atoms in total. The molecule has 0 fully saturated rings. The van der Waals surface area contributed by atoms with Crippen LogP contribution in [-0.4, -0.2) is 18.6 Å². The van der Waals surface area contributed by atoms with Crippen molar-refractivity contribution in [1.29, 1.82) is 0 Å². The Bertz CT molecular complexity index is 704. The molecule has 0 spiro atoms. The molecule has 1 aromatic heterocycles. The molecule has 9 heteroatoms. The average molecular weight is 319 g/mol. The zero-order valence-electron chi connectivity index (χ0n) is 9.34. The topological polar surface area (TPSA) is 98.0 Å². The summed E-state index contributed by atoms with van der Waals surface area (Å²) in [5.41, 5.74) is 5.87. The number of aromatic nitrogens is 2. The standard InChI is InChI=1S/C10H8Cl2N4O2S/c11-7-5-6(13)1-2-8(7)19(17,18)16-10-4-3-9(12)14-15-10/h1-5H,13H2,(H,15,16). The van der Waals surface area contributed by atoms with Crippen LogP contribution in [0.2, 0.25) is 10.2 Å². The fourth-order valence-corrected chi connectivity index (χ4v) is 2.95. The molecule has 2 rings (SSSR count). The van der Waals surface area contributed by atoms with Crippen LogP contribution in [0.25, 0.3) is 0 Å². The van der Waals surface area contributed by atoms with E-state index in [-0.39, 0.29) is 20.9 Å². The number of hydrogen-bond acceptors (Lipinski definition) is 5. The highest BCUT2D eigenvalue weighted by molar-refractivity contribution is 7.92. The second-order valence-corrected chi connectivity index (χ2v) is 5.98. The first-order valence-corrected chi connectivity index (χ1v) is 7.19. The van der Waals surface area contributed by atoms with Gasteiger partial charge < -0.3 is 5.73 Å². The molecule has 0 saturated heterocycles. The first kappa shape index (κ1) is 13.9. The predicted octanol–water partition coefficient (Wildman–Crippen LogP) is 2.17. The fourth-order valence-electron chi connectivity index (χ4n) is 1.30. The number of sulfonamides is 1. The first-order chi connectivity index (χ1) is 8.88. The second-order valence-electron chi connectivity index (χ2n) is 3.54. The van der Waals surface area contributed by atoms with Gasteiger partial charge in [0, 0.05) is 5.69 Å². The summed E-state index contributed by atoms with van der Waals surface area (Å²) >= 11 is 11.4. The van der Waals surface area contributed by atoms with Crippen molar-refractivity contribution in [1.82, 2.24) is 10.2 Å². The highest BCUT2D eigenvalue weighted by Crippen LogP contribution is 2.25. The van der Waals surface area contributed by atoms with Gasteiger partial charge >= 0.3 is 0 Å². The highest BCUT2D eigenvalue weighted by Gasteiger charge is 2.18. The quantitative estimate of drug-likeness (QED) is 0.845. The van der Waals surface area contributed by atoms with E-state index in [1.807, 2.05) is 0 Å². The average Bonchev–Trinajstić information content (AvgIpc) is 2.31. The van der Waals surface area contributed by atoms with Crippen molar-refractivity contribution in [3.8, 4) is 0 Å². The number of nitrogens with zero attached hydrogens (tertiary/aromatic N) is 2. The lowest BCUT2D eigenvalue weighted by Gasteiger charge is -2.08. The van der Waals surface area contributed by atoms with Crippen molar-refractivity contribution in [3.63, 3.8) is 0 Å². The van der Waals surface area contributed by atoms with Crippen LogP contribution in [0.3, 0.4) is 0 Å². The van der Waals surface area contributed by atoms with Crippen molar-refractivity contribution in [2.45, 2.75) is 4.90 Å². The molecule has 0 bridgehead atoms. The molecule has 1 heterocycles. The lowest BCUT2D eigenvalue weighted by Crippen LogP contribution is -2.14. The summed E-state index contributed by atoms with van der Waals surface area (Å²) in [4.78, 5) is -0.0971. The smallest absolute Gasteiger partial charge is 0.264 e. The summed E-state index contributed by atoms with van der Waals surface area (Å²) in [5.74, 6) is 0.0392. The number of nitrogens with one attached hydrogen (secondary N) is 1. The van der Waals surface area contributed by atoms with Crippen molar-refractivity contribution in [3.05, 3.63) is 40.5 Å². The second kappa shape index (κ2) is 5.20. The predicted molar refractivity (Wildman–Crippen MR) is 73.7 cm³/mol. The van der Waals surface area contributed by atoms with Gasteiger partial charge in [0.2, 0.25) is 0 Å². The van der Waals surface area contributed by atoms with Crippen molar-refractivity contribution in [2.24, 2.45) is 0 Å². The summed E-state index contributed by atoms with van der Waals surface area (Å²) in [5, 5.41) is 7.31. The molecule has 19 heavy (non-hydrogen) atoms. The van der Waals surface area contributed by atoms with Gasteiger partial charge in [0.1, 0.15) is 4.90 Å². The molecule has 0 radical (unpaired) electrons. The summed E-state index contributed by atoms with van der Waals surface area (Å²) in [6.45, 7) is 0. The van der Waals surface area contributed by atoms with E-state index in [4.69, 9.17) is 28.9 Å². The monoisotopic (exact) mass is 318 g/mol. The third-order valence-electron chi connectivity index (χ3n) is 2.12. The molecule has 0 aliphatic heterocycles. The molecule has 2 aromatic rings. The maximum Gasteiger partial charge on any atom is 0.264 e. The van der Waals surface area contributed by atoms with Crippen molar-refractivity contribution < 1.29 is 8.42 Å². The zero-order chi connectivity index (χ0) is 14.0. The number of nitrogens with two attached hydrogens (primary N) is 1. The third-order valence-corrected chi connectivity index (χ3v) is 4.16. The van der Waals surface area contributed by atoms with E-state index in [9.17, 15) is 8.42 Å². The molecule has 0 atom stereocenters. The normalized spacial score (nSPS) is 11.3. The Morgan fingerprint density at radius 2 is 1.84 bits per heavy atom. The van der Waals surface area contributed by atoms with Crippen LogP contribution in [0.5, 0.6) is 0 Å². The Hall–Kier alpha value is -1.57. The molecule has 100 valence electrons. The number of benzene rings is 1. The van der Waals surface area contributed by atoms with E-state index in [1.165, 1.54) is 30.3 Å². The Morgan fingerprint density at radius 3 is 2.42 bits per heavy atom. The van der Waals surface area contributed by atoms with E-state index >= 15 is 0 Å². The minimum absolute atomic E-state index is 0.0226. The van der Waals surface area contributed by atoms with Gasteiger partial charge in [-0.15, -0.1) is 10.2 Å². The number of halogens is 2. The largest absolute Gasteiger partial charge is 0.399 e. The van der Waals surface area contributed by atoms with Crippen LogP contribution in [0.15, 0.2) is 35.2 Å². The van der Waals surface area contributed by atoms with E-state index in [0.717, 1.165) is 0 Å². The Morgan fingerprint density at radius 1 is 1.11 bits per heavy atom. The maximum atomic E-state index is 12.1. The molecule has 0 saturated carbocycles. The summed E-state index contributed by atoms with van der Waals surface area (Å²) in [7, 11) is -3.86. The van der Waals surface area contributed by atoms with Crippen LogP contribution >= 0.6 is 23.2 Å². The van der Waals surface area contributed by atoms with E-state index in [2.05, 4.69) is 14.9 Å². The van der Waals surface area contributed by atoms with Crippen LogP contribution in [0.4, 0.5) is 11.5 Å². The molecule has 0 aliphatic rings. The van der Waals surface area contributed by atoms with Crippen LogP contribution < -0.4 is 10.5 Å². The van der Waals surface area contributed by atoms with Gasteiger partial charge in [-0.25, -0.2) is 8.42 Å². The Kier molecular flexibility index (Phi) is 3.79. The lowest BCUT2D eigenvalue weighted by atomic mass is 10.3. The SMILES string of the molecule is Nc1ccc(S(=O)(=O)Nc2ccc(Cl)nn2)c(Cl)c1. The Balaban J connectivity index is 2.35. The van der Waals surface area contributed by atoms with Gasteiger partial charge in [0.25, 0.3) is 10.0 Å². The molecular weight excluding hydrogens is 311 g/mol. The minimum atomic E-state index is -3.86. The van der Waals surface area contributed by atoms with Gasteiger partial charge in [-0.1, -0.05) is 23.2 Å². The van der Waals surface area contributed by atoms with Gasteiger partial charge in [-0.05, 0) is 30.3 Å². The number of anilines is 2. The molecule has 0 unspecified atom stereocenters. The summed E-state index contributed by atoms with van der Waals surface area (Å²) in [6.07, 6.45) is 0. The van der Waals surface area contributed by atoms with Gasteiger partial charge in [0.15, 0.2) is 11.0 Å². The number of hydrogen-bond donors (Lipinski definition) is 2. The van der Waals surface area contributed by atoms with Crippen molar-refractivity contribution in [2.75, 3.05) is 10.5 Å². The minimum Gasteiger partial charge on any atom is -0.399 e. The van der Waals surface area contributed by atoms with Crippen LogP contribution in [-0.2, 0) is 10.0 Å². The summed E-state index contributed by atoms with van der Waals surface area (Å²) < 4.78 is 26.4. The first-order valence-electron chi connectivity index (χ1n) is 4.95. The van der Waals surface area contributed by atoms with Gasteiger partial charge in [-0.3, -0.25) is 4.72 Å². The summed E-state index contributed by atoms with van der Waals surface area (Å²) in [6, 6.07) is 6.90. The molecular formula is C10H8Cl2N4O2S. The third kappa shape index (κ3) is 3.25. The molecule has 3 N–H and O–H groups in total. The molecule has 0 aliphatic carbocycles. The van der Waals surface area contributed by atoms with Gasteiger partial charge in [0.05, 0.1) is 5.02 Å². The zero-order valence-corrected chi connectivity index (χ0v) is 11.7. The van der Waals surface area contributed by atoms with Crippen LogP contribution in [0.1, 0.15) is 0 Å². The van der Waals surface area contributed by atoms with Crippen molar-refractivity contribution >= 4 is 44.7 Å². The molecule has 0 amide bonds.